The highest BCUT2D eigenvalue weighted by molar-refractivity contribution is 9.10. The maximum Gasteiger partial charge on any atom is 0.326 e. The third-order valence-electron chi connectivity index (χ3n) is 2.63. The summed E-state index contributed by atoms with van der Waals surface area (Å²) in [6.45, 7) is 1.94. The van der Waals surface area contributed by atoms with E-state index in [1.165, 1.54) is 18.2 Å². The molecule has 0 saturated carbocycles. The molecule has 0 aliphatic heterocycles. The van der Waals surface area contributed by atoms with E-state index in [9.17, 15) is 14.0 Å². The van der Waals surface area contributed by atoms with E-state index >= 15 is 0 Å². The van der Waals surface area contributed by atoms with Crippen LogP contribution in [0.5, 0.6) is 0 Å². The van der Waals surface area contributed by atoms with Crippen LogP contribution in [0.2, 0.25) is 0 Å². The molecule has 1 atom stereocenters. The Labute approximate surface area is 124 Å². The van der Waals surface area contributed by atoms with Crippen LogP contribution in [0.3, 0.4) is 0 Å². The monoisotopic (exact) mass is 346 g/mol. The molecule has 0 fully saturated rings. The van der Waals surface area contributed by atoms with E-state index in [0.717, 1.165) is 6.42 Å². The standard InChI is InChI=1S/C13H16BrFN2O3/c1-2-3-4-11(12(18)19)17-13(20)16-10-6-5-8(15)7-9(10)14/h5-7,11H,2-4H2,1H3,(H,18,19)(H2,16,17,20). The quantitative estimate of drug-likeness (QED) is 0.738. The number of aliphatic carboxylic acids is 1. The second-order valence-corrected chi connectivity index (χ2v) is 5.11. The lowest BCUT2D eigenvalue weighted by molar-refractivity contribution is -0.139. The predicted octanol–water partition coefficient (Wildman–Crippen LogP) is 3.35. The minimum absolute atomic E-state index is 0.364. The van der Waals surface area contributed by atoms with Gasteiger partial charge in [-0.25, -0.2) is 14.0 Å². The Bertz CT molecular complexity index is 497. The molecule has 1 rings (SSSR count). The number of hydrogen-bond donors (Lipinski definition) is 3. The molecule has 110 valence electrons. The van der Waals surface area contributed by atoms with Crippen molar-refractivity contribution in [2.75, 3.05) is 5.32 Å². The second-order valence-electron chi connectivity index (χ2n) is 4.26. The first-order valence-electron chi connectivity index (χ1n) is 6.19. The van der Waals surface area contributed by atoms with E-state index in [4.69, 9.17) is 5.11 Å². The van der Waals surface area contributed by atoms with E-state index < -0.39 is 23.9 Å². The molecular formula is C13H16BrFN2O3. The average Bonchev–Trinajstić information content (AvgIpc) is 2.37. The number of benzene rings is 1. The van der Waals surface area contributed by atoms with Gasteiger partial charge in [0.05, 0.1) is 5.69 Å². The fraction of sp³-hybridized carbons (Fsp3) is 0.385. The zero-order valence-corrected chi connectivity index (χ0v) is 12.5. The predicted molar refractivity (Wildman–Crippen MR) is 77.2 cm³/mol. The van der Waals surface area contributed by atoms with Gasteiger partial charge in [0, 0.05) is 4.47 Å². The van der Waals surface area contributed by atoms with Gasteiger partial charge in [-0.2, -0.15) is 0 Å². The Morgan fingerprint density at radius 3 is 2.70 bits per heavy atom. The lowest BCUT2D eigenvalue weighted by Crippen LogP contribution is -2.43. The van der Waals surface area contributed by atoms with Crippen molar-refractivity contribution in [3.63, 3.8) is 0 Å². The molecule has 0 bridgehead atoms. The Balaban J connectivity index is 2.63. The fourth-order valence-corrected chi connectivity index (χ4v) is 2.02. The van der Waals surface area contributed by atoms with E-state index in [2.05, 4.69) is 26.6 Å². The van der Waals surface area contributed by atoms with Crippen LogP contribution in [0, 0.1) is 5.82 Å². The van der Waals surface area contributed by atoms with Crippen molar-refractivity contribution < 1.29 is 19.1 Å². The Morgan fingerprint density at radius 1 is 1.45 bits per heavy atom. The number of urea groups is 1. The highest BCUT2D eigenvalue weighted by Gasteiger charge is 2.19. The molecule has 0 aromatic heterocycles. The average molecular weight is 347 g/mol. The lowest BCUT2D eigenvalue weighted by atomic mass is 10.1. The smallest absolute Gasteiger partial charge is 0.326 e. The molecule has 1 aromatic carbocycles. The minimum atomic E-state index is -1.08. The molecule has 5 nitrogen and oxygen atoms in total. The number of rotatable bonds is 6. The van der Waals surface area contributed by atoms with Crippen molar-refractivity contribution >= 4 is 33.6 Å². The van der Waals surface area contributed by atoms with Crippen LogP contribution in [0.15, 0.2) is 22.7 Å². The van der Waals surface area contributed by atoms with Crippen molar-refractivity contribution in [3.8, 4) is 0 Å². The first-order valence-corrected chi connectivity index (χ1v) is 6.98. The number of halogens is 2. The summed E-state index contributed by atoms with van der Waals surface area (Å²) in [7, 11) is 0. The summed E-state index contributed by atoms with van der Waals surface area (Å²) in [5.74, 6) is -1.51. The number of carbonyl (C=O) groups excluding carboxylic acids is 1. The molecule has 0 spiro atoms. The summed E-state index contributed by atoms with van der Waals surface area (Å²) < 4.78 is 13.3. The maximum absolute atomic E-state index is 12.9. The number of carboxylic acids is 1. The third kappa shape index (κ3) is 5.16. The van der Waals surface area contributed by atoms with Gasteiger partial charge in [0.1, 0.15) is 11.9 Å². The highest BCUT2D eigenvalue weighted by Crippen LogP contribution is 2.22. The number of unbranched alkanes of at least 4 members (excludes halogenated alkanes) is 1. The Kier molecular flexibility index (Phi) is 6.44. The number of anilines is 1. The molecule has 1 aromatic rings. The van der Waals surface area contributed by atoms with Crippen molar-refractivity contribution in [2.24, 2.45) is 0 Å². The van der Waals surface area contributed by atoms with Gasteiger partial charge in [0.15, 0.2) is 0 Å². The topological polar surface area (TPSA) is 78.4 Å². The van der Waals surface area contributed by atoms with Crippen LogP contribution in [0.25, 0.3) is 0 Å². The number of nitrogens with one attached hydrogen (secondary N) is 2. The van der Waals surface area contributed by atoms with Crippen LogP contribution in [-0.4, -0.2) is 23.1 Å². The molecule has 0 heterocycles. The largest absolute Gasteiger partial charge is 0.480 e. The van der Waals surface area contributed by atoms with Crippen LogP contribution in [0.4, 0.5) is 14.9 Å². The lowest BCUT2D eigenvalue weighted by Gasteiger charge is -2.15. The van der Waals surface area contributed by atoms with Crippen LogP contribution in [0.1, 0.15) is 26.2 Å². The summed E-state index contributed by atoms with van der Waals surface area (Å²) in [5, 5.41) is 13.9. The Morgan fingerprint density at radius 2 is 2.15 bits per heavy atom. The molecule has 0 aliphatic rings. The van der Waals surface area contributed by atoms with Gasteiger partial charge in [-0.15, -0.1) is 0 Å². The Hall–Kier alpha value is -1.63. The molecular weight excluding hydrogens is 331 g/mol. The normalized spacial score (nSPS) is 11.8. The zero-order valence-electron chi connectivity index (χ0n) is 11.0. The fourth-order valence-electron chi connectivity index (χ4n) is 1.57. The van der Waals surface area contributed by atoms with Crippen molar-refractivity contribution in [1.82, 2.24) is 5.32 Å². The summed E-state index contributed by atoms with van der Waals surface area (Å²) in [6, 6.07) is 2.23. The number of carboxylic acid groups (broad SMARTS) is 1. The van der Waals surface area contributed by atoms with Crippen LogP contribution < -0.4 is 10.6 Å². The van der Waals surface area contributed by atoms with Gasteiger partial charge in [-0.3, -0.25) is 0 Å². The summed E-state index contributed by atoms with van der Waals surface area (Å²) in [4.78, 5) is 22.7. The second kappa shape index (κ2) is 7.84. The molecule has 20 heavy (non-hydrogen) atoms. The van der Waals surface area contributed by atoms with Crippen molar-refractivity contribution in [2.45, 2.75) is 32.2 Å². The maximum atomic E-state index is 12.9. The number of carbonyl (C=O) groups is 2. The molecule has 3 N–H and O–H groups in total. The third-order valence-corrected chi connectivity index (χ3v) is 3.29. The number of hydrogen-bond acceptors (Lipinski definition) is 2. The van der Waals surface area contributed by atoms with E-state index in [1.807, 2.05) is 6.92 Å². The van der Waals surface area contributed by atoms with Gasteiger partial charge in [0.2, 0.25) is 0 Å². The molecule has 0 radical (unpaired) electrons. The molecule has 7 heteroatoms. The van der Waals surface area contributed by atoms with Crippen molar-refractivity contribution in [1.29, 1.82) is 0 Å². The summed E-state index contributed by atoms with van der Waals surface area (Å²) in [5.41, 5.74) is 0.364. The van der Waals surface area contributed by atoms with Gasteiger partial charge >= 0.3 is 12.0 Å². The summed E-state index contributed by atoms with van der Waals surface area (Å²) >= 11 is 3.11. The zero-order chi connectivity index (χ0) is 15.1. The van der Waals surface area contributed by atoms with Gasteiger partial charge < -0.3 is 15.7 Å². The van der Waals surface area contributed by atoms with Crippen LogP contribution in [-0.2, 0) is 4.79 Å². The van der Waals surface area contributed by atoms with Crippen LogP contribution >= 0.6 is 15.9 Å². The SMILES string of the molecule is CCCCC(NC(=O)Nc1ccc(F)cc1Br)C(=O)O. The first kappa shape index (κ1) is 16.4. The van der Waals surface area contributed by atoms with Crippen molar-refractivity contribution in [3.05, 3.63) is 28.5 Å². The van der Waals surface area contributed by atoms with Gasteiger partial charge in [-0.05, 0) is 40.5 Å². The first-order chi connectivity index (χ1) is 9.43. The molecule has 1 unspecified atom stereocenters. The van der Waals surface area contributed by atoms with E-state index in [0.29, 0.717) is 23.0 Å². The number of amides is 2. The van der Waals surface area contributed by atoms with E-state index in [-0.39, 0.29) is 0 Å². The summed E-state index contributed by atoms with van der Waals surface area (Å²) in [6.07, 6.45) is 1.91. The highest BCUT2D eigenvalue weighted by atomic mass is 79.9. The molecule has 0 saturated heterocycles. The molecule has 0 aliphatic carbocycles. The molecule has 2 amide bonds. The minimum Gasteiger partial charge on any atom is -0.480 e. The van der Waals surface area contributed by atoms with Gasteiger partial charge in [0.25, 0.3) is 0 Å². The van der Waals surface area contributed by atoms with E-state index in [1.54, 1.807) is 0 Å². The van der Waals surface area contributed by atoms with Gasteiger partial charge in [-0.1, -0.05) is 19.8 Å².